The zero-order valence-electron chi connectivity index (χ0n) is 14.7. The van der Waals surface area contributed by atoms with Crippen LogP contribution in [0.3, 0.4) is 0 Å². The van der Waals surface area contributed by atoms with Crippen LogP contribution in [-0.4, -0.2) is 20.4 Å². The van der Waals surface area contributed by atoms with Crippen molar-refractivity contribution in [3.05, 3.63) is 63.0 Å². The SMILES string of the molecule is CCn1c(=S)[nH]c2cc(C(=O)Nc3ccc4oc(C)nc4c3)ccc2c1=O. The topological polar surface area (TPSA) is 92.9 Å². The molecule has 0 unspecified atom stereocenters. The van der Waals surface area contributed by atoms with Crippen LogP contribution < -0.4 is 10.9 Å². The van der Waals surface area contributed by atoms with Gasteiger partial charge in [0.05, 0.1) is 10.9 Å². The number of carbonyl (C=O) groups excluding carboxylic acids is 1. The fourth-order valence-electron chi connectivity index (χ4n) is 3.01. The lowest BCUT2D eigenvalue weighted by atomic mass is 10.1. The highest BCUT2D eigenvalue weighted by molar-refractivity contribution is 7.71. The van der Waals surface area contributed by atoms with Gasteiger partial charge in [-0.1, -0.05) is 0 Å². The number of hydrogen-bond donors (Lipinski definition) is 2. The molecule has 0 atom stereocenters. The van der Waals surface area contributed by atoms with Crippen LogP contribution in [0.5, 0.6) is 0 Å². The maximum absolute atomic E-state index is 12.6. The van der Waals surface area contributed by atoms with Crippen LogP contribution in [0.15, 0.2) is 45.6 Å². The minimum Gasteiger partial charge on any atom is -0.441 e. The first-order valence-electron chi connectivity index (χ1n) is 8.41. The first-order valence-corrected chi connectivity index (χ1v) is 8.82. The van der Waals surface area contributed by atoms with Gasteiger partial charge in [0.15, 0.2) is 16.2 Å². The van der Waals surface area contributed by atoms with E-state index in [1.807, 2.05) is 6.92 Å². The molecule has 0 radical (unpaired) electrons. The Balaban J connectivity index is 1.69. The molecule has 4 aromatic rings. The molecule has 136 valence electrons. The molecule has 0 saturated heterocycles. The highest BCUT2D eigenvalue weighted by Gasteiger charge is 2.11. The summed E-state index contributed by atoms with van der Waals surface area (Å²) in [5, 5.41) is 3.32. The highest BCUT2D eigenvalue weighted by Crippen LogP contribution is 2.20. The van der Waals surface area contributed by atoms with Crippen molar-refractivity contribution < 1.29 is 9.21 Å². The van der Waals surface area contributed by atoms with Crippen LogP contribution in [0.2, 0.25) is 0 Å². The van der Waals surface area contributed by atoms with Crippen molar-refractivity contribution in [2.75, 3.05) is 5.32 Å². The quantitative estimate of drug-likeness (QED) is 0.528. The van der Waals surface area contributed by atoms with Gasteiger partial charge in [-0.15, -0.1) is 0 Å². The van der Waals surface area contributed by atoms with E-state index in [1.165, 1.54) is 4.57 Å². The molecule has 0 aliphatic rings. The van der Waals surface area contributed by atoms with E-state index < -0.39 is 0 Å². The Morgan fingerprint density at radius 2 is 2.11 bits per heavy atom. The van der Waals surface area contributed by atoms with Gasteiger partial charge in [-0.3, -0.25) is 14.2 Å². The maximum atomic E-state index is 12.6. The zero-order valence-corrected chi connectivity index (χ0v) is 15.5. The summed E-state index contributed by atoms with van der Waals surface area (Å²) in [7, 11) is 0. The number of aryl methyl sites for hydroxylation is 1. The maximum Gasteiger partial charge on any atom is 0.262 e. The summed E-state index contributed by atoms with van der Waals surface area (Å²) in [6, 6.07) is 10.1. The van der Waals surface area contributed by atoms with Gasteiger partial charge in [0.1, 0.15) is 5.52 Å². The molecule has 2 aromatic heterocycles. The van der Waals surface area contributed by atoms with Crippen molar-refractivity contribution in [1.82, 2.24) is 14.5 Å². The summed E-state index contributed by atoms with van der Waals surface area (Å²) < 4.78 is 7.24. The standard InChI is InChI=1S/C19H16N4O3S/c1-3-23-18(25)13-6-4-11(8-14(13)22-19(23)27)17(24)21-12-5-7-16-15(9-12)20-10(2)26-16/h4-9H,3H2,1-2H3,(H,21,24)(H,22,27). The Bertz CT molecular complexity index is 1320. The Labute approximate surface area is 158 Å². The molecule has 2 aromatic carbocycles. The van der Waals surface area contributed by atoms with Crippen molar-refractivity contribution in [2.45, 2.75) is 20.4 Å². The molecule has 1 amide bonds. The molecule has 2 heterocycles. The van der Waals surface area contributed by atoms with Gasteiger partial charge >= 0.3 is 0 Å². The van der Waals surface area contributed by atoms with Gasteiger partial charge in [0.2, 0.25) is 0 Å². The number of aromatic amines is 1. The number of nitrogens with one attached hydrogen (secondary N) is 2. The molecule has 27 heavy (non-hydrogen) atoms. The first kappa shape index (κ1) is 17.2. The molecule has 4 rings (SSSR count). The molecular weight excluding hydrogens is 364 g/mol. The van der Waals surface area contributed by atoms with Crippen molar-refractivity contribution >= 4 is 45.8 Å². The lowest BCUT2D eigenvalue weighted by molar-refractivity contribution is 0.102. The number of fused-ring (bicyclic) bond motifs is 2. The molecule has 0 fully saturated rings. The lowest BCUT2D eigenvalue weighted by Crippen LogP contribution is -2.21. The lowest BCUT2D eigenvalue weighted by Gasteiger charge is -2.08. The monoisotopic (exact) mass is 380 g/mol. The third-order valence-corrected chi connectivity index (χ3v) is 4.64. The summed E-state index contributed by atoms with van der Waals surface area (Å²) in [4.78, 5) is 32.3. The van der Waals surface area contributed by atoms with Crippen LogP contribution in [0.4, 0.5) is 5.69 Å². The third-order valence-electron chi connectivity index (χ3n) is 4.31. The Hall–Kier alpha value is -3.26. The molecular formula is C19H16N4O3S. The van der Waals surface area contributed by atoms with E-state index >= 15 is 0 Å². The molecule has 8 heteroatoms. The van der Waals surface area contributed by atoms with Gasteiger partial charge in [-0.2, -0.15) is 0 Å². The van der Waals surface area contributed by atoms with Gasteiger partial charge in [-0.25, -0.2) is 4.98 Å². The predicted molar refractivity (Wildman–Crippen MR) is 106 cm³/mol. The summed E-state index contributed by atoms with van der Waals surface area (Å²) in [6.45, 7) is 4.10. The van der Waals surface area contributed by atoms with Crippen molar-refractivity contribution in [3.8, 4) is 0 Å². The van der Waals surface area contributed by atoms with Crippen LogP contribution in [0.25, 0.3) is 22.0 Å². The van der Waals surface area contributed by atoms with Crippen LogP contribution in [-0.2, 0) is 6.54 Å². The number of oxazole rings is 1. The highest BCUT2D eigenvalue weighted by atomic mass is 32.1. The van der Waals surface area contributed by atoms with Crippen molar-refractivity contribution in [3.63, 3.8) is 0 Å². The molecule has 7 nitrogen and oxygen atoms in total. The largest absolute Gasteiger partial charge is 0.441 e. The number of amides is 1. The predicted octanol–water partition coefficient (Wildman–Crippen LogP) is 3.78. The Morgan fingerprint density at radius 1 is 1.30 bits per heavy atom. The second kappa shape index (κ2) is 6.48. The number of H-pyrrole nitrogens is 1. The van der Waals surface area contributed by atoms with E-state index in [-0.39, 0.29) is 11.5 Å². The fraction of sp³-hybridized carbons (Fsp3) is 0.158. The van der Waals surface area contributed by atoms with E-state index in [2.05, 4.69) is 15.3 Å². The number of carbonyl (C=O) groups is 1. The normalized spacial score (nSPS) is 11.2. The van der Waals surface area contributed by atoms with Crippen molar-refractivity contribution in [2.24, 2.45) is 0 Å². The number of nitrogens with zero attached hydrogens (tertiary/aromatic N) is 2. The van der Waals surface area contributed by atoms with E-state index in [1.54, 1.807) is 43.3 Å². The van der Waals surface area contributed by atoms with Gasteiger partial charge in [0, 0.05) is 24.7 Å². The average molecular weight is 380 g/mol. The van der Waals surface area contributed by atoms with Gasteiger partial charge < -0.3 is 14.7 Å². The number of anilines is 1. The molecule has 0 saturated carbocycles. The van der Waals surface area contributed by atoms with Gasteiger partial charge in [0.25, 0.3) is 11.5 Å². The van der Waals surface area contributed by atoms with E-state index in [0.29, 0.717) is 50.5 Å². The van der Waals surface area contributed by atoms with Crippen LogP contribution in [0, 0.1) is 11.7 Å². The number of hydrogen-bond acceptors (Lipinski definition) is 5. The molecule has 0 bridgehead atoms. The number of rotatable bonds is 3. The second-order valence-electron chi connectivity index (χ2n) is 6.11. The summed E-state index contributed by atoms with van der Waals surface area (Å²) in [6.07, 6.45) is 0. The fourth-order valence-corrected chi connectivity index (χ4v) is 3.33. The summed E-state index contributed by atoms with van der Waals surface area (Å²) in [5.74, 6) is 0.270. The minimum atomic E-state index is -0.296. The zero-order chi connectivity index (χ0) is 19.1. The van der Waals surface area contributed by atoms with E-state index in [0.717, 1.165) is 0 Å². The average Bonchev–Trinajstić information content (AvgIpc) is 3.00. The van der Waals surface area contributed by atoms with Gasteiger partial charge in [-0.05, 0) is 55.5 Å². The third kappa shape index (κ3) is 3.04. The van der Waals surface area contributed by atoms with Crippen LogP contribution >= 0.6 is 12.2 Å². The van der Waals surface area contributed by atoms with Crippen molar-refractivity contribution in [1.29, 1.82) is 0 Å². The van der Waals surface area contributed by atoms with E-state index in [9.17, 15) is 9.59 Å². The molecule has 0 aliphatic heterocycles. The molecule has 0 aliphatic carbocycles. The first-order chi connectivity index (χ1) is 13.0. The second-order valence-corrected chi connectivity index (χ2v) is 6.50. The Kier molecular flexibility index (Phi) is 4.12. The molecule has 0 spiro atoms. The number of benzene rings is 2. The molecule has 2 N–H and O–H groups in total. The number of aromatic nitrogens is 3. The van der Waals surface area contributed by atoms with E-state index in [4.69, 9.17) is 16.6 Å². The smallest absolute Gasteiger partial charge is 0.262 e. The van der Waals surface area contributed by atoms with Crippen LogP contribution in [0.1, 0.15) is 23.2 Å². The summed E-state index contributed by atoms with van der Waals surface area (Å²) >= 11 is 5.22. The Morgan fingerprint density at radius 3 is 2.89 bits per heavy atom. The summed E-state index contributed by atoms with van der Waals surface area (Å²) in [5.41, 5.74) is 2.72. The minimum absolute atomic E-state index is 0.171.